The number of benzene rings is 2. The molecular formula is C25H29FN6O2. The van der Waals surface area contributed by atoms with Crippen molar-refractivity contribution in [3.8, 4) is 6.07 Å². The van der Waals surface area contributed by atoms with Gasteiger partial charge in [-0.2, -0.15) is 5.26 Å². The van der Waals surface area contributed by atoms with Crippen molar-refractivity contribution in [3.63, 3.8) is 0 Å². The monoisotopic (exact) mass is 464 g/mol. The van der Waals surface area contributed by atoms with Crippen LogP contribution in [0.1, 0.15) is 33.9 Å². The van der Waals surface area contributed by atoms with E-state index < -0.39 is 5.82 Å². The van der Waals surface area contributed by atoms with Crippen molar-refractivity contribution in [2.24, 2.45) is 5.84 Å². The Balaban J connectivity index is 1.40. The van der Waals surface area contributed by atoms with Gasteiger partial charge in [0.05, 0.1) is 36.4 Å². The third-order valence-corrected chi connectivity index (χ3v) is 6.94. The smallest absolute Gasteiger partial charge is 0.227 e. The number of nitrogens with one attached hydrogen (secondary N) is 1. The molecule has 2 unspecified atom stereocenters. The summed E-state index contributed by atoms with van der Waals surface area (Å²) in [7, 11) is 0. The molecule has 2 aromatic rings. The van der Waals surface area contributed by atoms with Gasteiger partial charge in [-0.1, -0.05) is 18.2 Å². The summed E-state index contributed by atoms with van der Waals surface area (Å²) in [5.74, 6) is 5.38. The van der Waals surface area contributed by atoms with E-state index in [1.807, 2.05) is 36.1 Å². The molecule has 2 atom stereocenters. The van der Waals surface area contributed by atoms with Crippen LogP contribution in [0, 0.1) is 36.4 Å². The number of anilines is 1. The summed E-state index contributed by atoms with van der Waals surface area (Å²) in [4.78, 5) is 17.3. The maximum atomic E-state index is 13.9. The molecular weight excluding hydrogens is 435 g/mol. The molecule has 34 heavy (non-hydrogen) atoms. The molecule has 8 nitrogen and oxygen atoms in total. The van der Waals surface area contributed by atoms with Crippen molar-refractivity contribution in [1.29, 1.82) is 10.7 Å². The van der Waals surface area contributed by atoms with Gasteiger partial charge in [-0.25, -0.2) is 10.2 Å². The van der Waals surface area contributed by atoms with Gasteiger partial charge in [0.15, 0.2) is 0 Å². The van der Waals surface area contributed by atoms with Gasteiger partial charge < -0.3 is 9.64 Å². The Bertz CT molecular complexity index is 1150. The van der Waals surface area contributed by atoms with E-state index in [1.54, 1.807) is 13.0 Å². The lowest BCUT2D eigenvalue weighted by molar-refractivity contribution is -0.139. The number of halogens is 1. The maximum Gasteiger partial charge on any atom is 0.227 e. The first-order chi connectivity index (χ1) is 16.3. The summed E-state index contributed by atoms with van der Waals surface area (Å²) in [6.45, 7) is 6.70. The van der Waals surface area contributed by atoms with E-state index in [2.05, 4.69) is 4.90 Å². The summed E-state index contributed by atoms with van der Waals surface area (Å²) in [5.41, 5.74) is 4.00. The molecule has 2 aliphatic heterocycles. The van der Waals surface area contributed by atoms with Crippen LogP contribution in [0.2, 0.25) is 0 Å². The lowest BCUT2D eigenvalue weighted by Crippen LogP contribution is -2.59. The number of hydrazine groups is 1. The summed E-state index contributed by atoms with van der Waals surface area (Å²) < 4.78 is 20.0. The van der Waals surface area contributed by atoms with Crippen molar-refractivity contribution in [2.75, 3.05) is 37.8 Å². The number of fused-ring (bicyclic) bond motifs is 1. The van der Waals surface area contributed by atoms with Crippen LogP contribution in [0.5, 0.6) is 0 Å². The fourth-order valence-corrected chi connectivity index (χ4v) is 4.87. The van der Waals surface area contributed by atoms with Gasteiger partial charge in [-0.3, -0.25) is 20.1 Å². The predicted octanol–water partition coefficient (Wildman–Crippen LogP) is 2.43. The molecule has 0 radical (unpaired) electrons. The number of carbonyl (C=O) groups excluding carboxylic acids is 1. The molecule has 1 amide bonds. The highest BCUT2D eigenvalue weighted by molar-refractivity contribution is 5.82. The topological polar surface area (TPSA) is 110 Å². The average Bonchev–Trinajstić information content (AvgIpc) is 2.84. The van der Waals surface area contributed by atoms with Crippen LogP contribution in [0.3, 0.4) is 0 Å². The SMILES string of the molecule is Cc1c(CC(=O)N2CCN3CC(c4ccc(F)c(C#N)c4C)OCC3C2)cccc1N(N)C=N. The number of nitrogens with two attached hydrogens (primary N) is 1. The number of ether oxygens (including phenoxy) is 1. The number of hydrogen-bond donors (Lipinski definition) is 2. The van der Waals surface area contributed by atoms with Crippen LogP contribution in [0.15, 0.2) is 30.3 Å². The van der Waals surface area contributed by atoms with Crippen molar-refractivity contribution < 1.29 is 13.9 Å². The molecule has 2 fully saturated rings. The largest absolute Gasteiger partial charge is 0.370 e. The van der Waals surface area contributed by atoms with Crippen LogP contribution >= 0.6 is 0 Å². The van der Waals surface area contributed by atoms with Crippen molar-refractivity contribution >= 4 is 17.9 Å². The molecule has 0 bridgehead atoms. The van der Waals surface area contributed by atoms with Gasteiger partial charge in [0.25, 0.3) is 0 Å². The zero-order valence-corrected chi connectivity index (χ0v) is 19.4. The number of nitrogens with zero attached hydrogens (tertiary/aromatic N) is 4. The number of hydrogen-bond acceptors (Lipinski definition) is 6. The van der Waals surface area contributed by atoms with E-state index in [9.17, 15) is 14.4 Å². The third-order valence-electron chi connectivity index (χ3n) is 6.94. The molecule has 2 heterocycles. The van der Waals surface area contributed by atoms with Gasteiger partial charge in [-0.15, -0.1) is 0 Å². The Morgan fingerprint density at radius 1 is 1.29 bits per heavy atom. The minimum atomic E-state index is -0.512. The van der Waals surface area contributed by atoms with E-state index in [0.29, 0.717) is 37.5 Å². The molecule has 0 aliphatic carbocycles. The number of carbonyl (C=O) groups is 1. The van der Waals surface area contributed by atoms with Crippen LogP contribution in [-0.2, 0) is 16.0 Å². The number of morpholine rings is 1. The van der Waals surface area contributed by atoms with E-state index in [0.717, 1.165) is 29.6 Å². The molecule has 178 valence electrons. The Kier molecular flexibility index (Phi) is 6.93. The van der Waals surface area contributed by atoms with Crippen molar-refractivity contribution in [2.45, 2.75) is 32.4 Å². The first-order valence-corrected chi connectivity index (χ1v) is 11.3. The quantitative estimate of drug-likeness (QED) is 0.304. The van der Waals surface area contributed by atoms with E-state index in [4.69, 9.17) is 16.0 Å². The fourth-order valence-electron chi connectivity index (χ4n) is 4.87. The van der Waals surface area contributed by atoms with Crippen LogP contribution < -0.4 is 10.9 Å². The molecule has 3 N–H and O–H groups in total. The zero-order chi connectivity index (χ0) is 24.4. The standard InChI is InChI=1S/C25H29FN6O2/c1-16-18(4-3-5-23(16)32(29)15-28)10-25(33)31-9-8-30-13-24(34-14-19(30)12-31)20-6-7-22(26)21(11-27)17(20)2/h3-7,15,19,24,28H,8-10,12-14,29H2,1-2H3. The second kappa shape index (κ2) is 9.89. The van der Waals surface area contributed by atoms with Crippen LogP contribution in [0.4, 0.5) is 10.1 Å². The number of rotatable bonds is 5. The molecule has 0 aromatic heterocycles. The van der Waals surface area contributed by atoms with Gasteiger partial charge in [0.2, 0.25) is 5.91 Å². The Morgan fingerprint density at radius 2 is 2.09 bits per heavy atom. The molecule has 2 saturated heterocycles. The lowest BCUT2D eigenvalue weighted by atomic mass is 9.96. The minimum absolute atomic E-state index is 0.0495. The average molecular weight is 465 g/mol. The van der Waals surface area contributed by atoms with E-state index >= 15 is 0 Å². The molecule has 2 aromatic carbocycles. The maximum absolute atomic E-state index is 13.9. The molecule has 4 rings (SSSR count). The Morgan fingerprint density at radius 3 is 2.82 bits per heavy atom. The minimum Gasteiger partial charge on any atom is -0.370 e. The zero-order valence-electron chi connectivity index (χ0n) is 19.4. The third kappa shape index (κ3) is 4.53. The molecule has 2 aliphatic rings. The van der Waals surface area contributed by atoms with Gasteiger partial charge in [-0.05, 0) is 48.2 Å². The second-order valence-corrected chi connectivity index (χ2v) is 8.83. The van der Waals surface area contributed by atoms with Gasteiger partial charge >= 0.3 is 0 Å². The highest BCUT2D eigenvalue weighted by atomic mass is 19.1. The highest BCUT2D eigenvalue weighted by Gasteiger charge is 2.36. The lowest BCUT2D eigenvalue weighted by Gasteiger charge is -2.46. The second-order valence-electron chi connectivity index (χ2n) is 8.83. The molecule has 9 heteroatoms. The van der Waals surface area contributed by atoms with Crippen LogP contribution in [0.25, 0.3) is 0 Å². The molecule has 0 spiro atoms. The molecule has 0 saturated carbocycles. The predicted molar refractivity (Wildman–Crippen MR) is 127 cm³/mol. The first kappa shape index (κ1) is 23.8. The summed E-state index contributed by atoms with van der Waals surface area (Å²) in [6.07, 6.45) is 1.08. The summed E-state index contributed by atoms with van der Waals surface area (Å²) >= 11 is 0. The van der Waals surface area contributed by atoms with Gasteiger partial charge in [0.1, 0.15) is 18.2 Å². The van der Waals surface area contributed by atoms with E-state index in [-0.39, 0.29) is 30.0 Å². The van der Waals surface area contributed by atoms with E-state index in [1.165, 1.54) is 11.1 Å². The van der Waals surface area contributed by atoms with Gasteiger partial charge in [0, 0.05) is 26.2 Å². The fraction of sp³-hybridized carbons (Fsp3) is 0.400. The Labute approximate surface area is 198 Å². The first-order valence-electron chi connectivity index (χ1n) is 11.3. The summed E-state index contributed by atoms with van der Waals surface area (Å²) in [6, 6.07) is 10.7. The van der Waals surface area contributed by atoms with Crippen molar-refractivity contribution in [3.05, 3.63) is 64.0 Å². The number of amides is 1. The normalized spacial score (nSPS) is 20.4. The Hall–Kier alpha value is -3.32. The number of nitriles is 1. The highest BCUT2D eigenvalue weighted by Crippen LogP contribution is 2.31. The van der Waals surface area contributed by atoms with Crippen molar-refractivity contribution in [1.82, 2.24) is 9.80 Å². The van der Waals surface area contributed by atoms with Crippen LogP contribution in [-0.4, -0.2) is 60.9 Å². The summed E-state index contributed by atoms with van der Waals surface area (Å²) in [5, 5.41) is 17.9. The number of piperazine rings is 1.